The number of rotatable bonds is 7. The third-order valence-corrected chi connectivity index (χ3v) is 3.86. The summed E-state index contributed by atoms with van der Waals surface area (Å²) in [5.74, 6) is -1.34. The predicted molar refractivity (Wildman–Crippen MR) is 90.8 cm³/mol. The number of likely N-dealkylation sites (N-methyl/N-ethyl adjacent to an activating group) is 1. The van der Waals surface area contributed by atoms with Crippen LogP contribution in [0.5, 0.6) is 0 Å². The number of carboxylic acid groups (broad SMARTS) is 1. The van der Waals surface area contributed by atoms with Crippen LogP contribution in [-0.4, -0.2) is 42.1 Å². The molecule has 0 aliphatic rings. The fourth-order valence-corrected chi connectivity index (χ4v) is 2.48. The van der Waals surface area contributed by atoms with Gasteiger partial charge in [-0.25, -0.2) is 4.79 Å². The normalized spacial score (nSPS) is 11.8. The SMILES string of the molecule is COCc1ccc(C(=O)N(C)C(Cc2ccccc2)C(=O)O)cc1. The van der Waals surface area contributed by atoms with Gasteiger partial charge in [0, 0.05) is 26.1 Å². The molecule has 0 aliphatic heterocycles. The van der Waals surface area contributed by atoms with Gasteiger partial charge in [-0.15, -0.1) is 0 Å². The molecule has 0 fully saturated rings. The topological polar surface area (TPSA) is 66.8 Å². The molecule has 0 saturated heterocycles. The highest BCUT2D eigenvalue weighted by atomic mass is 16.5. The van der Waals surface area contributed by atoms with Gasteiger partial charge in [-0.2, -0.15) is 0 Å². The number of aliphatic carboxylic acids is 1. The van der Waals surface area contributed by atoms with Crippen molar-refractivity contribution in [2.24, 2.45) is 0 Å². The average Bonchev–Trinajstić information content (AvgIpc) is 2.60. The molecule has 0 spiro atoms. The highest BCUT2D eigenvalue weighted by Gasteiger charge is 2.27. The molecule has 0 aromatic heterocycles. The molecule has 2 rings (SSSR count). The minimum absolute atomic E-state index is 0.264. The third-order valence-electron chi connectivity index (χ3n) is 3.86. The number of hydrogen-bond acceptors (Lipinski definition) is 3. The Labute approximate surface area is 141 Å². The van der Waals surface area contributed by atoms with E-state index in [1.165, 1.54) is 11.9 Å². The first-order valence-corrected chi connectivity index (χ1v) is 7.64. The fourth-order valence-electron chi connectivity index (χ4n) is 2.48. The van der Waals surface area contributed by atoms with Gasteiger partial charge in [0.15, 0.2) is 0 Å². The Kier molecular flexibility index (Phi) is 6.09. The standard InChI is InChI=1S/C19H21NO4/c1-20(17(19(22)23)12-14-6-4-3-5-7-14)18(21)16-10-8-15(9-11-16)13-24-2/h3-11,17H,12-13H2,1-2H3,(H,22,23). The Hall–Kier alpha value is -2.66. The number of ether oxygens (including phenoxy) is 1. The molecular weight excluding hydrogens is 306 g/mol. The van der Waals surface area contributed by atoms with E-state index in [0.717, 1.165) is 11.1 Å². The summed E-state index contributed by atoms with van der Waals surface area (Å²) in [4.78, 5) is 25.5. The second-order valence-corrected chi connectivity index (χ2v) is 5.59. The highest BCUT2D eigenvalue weighted by Crippen LogP contribution is 2.13. The minimum Gasteiger partial charge on any atom is -0.480 e. The Balaban J connectivity index is 2.14. The quantitative estimate of drug-likeness (QED) is 0.849. The Morgan fingerprint density at radius 3 is 2.21 bits per heavy atom. The van der Waals surface area contributed by atoms with E-state index in [0.29, 0.717) is 12.2 Å². The lowest BCUT2D eigenvalue weighted by Crippen LogP contribution is -2.43. The van der Waals surface area contributed by atoms with Crippen molar-refractivity contribution < 1.29 is 19.4 Å². The number of carbonyl (C=O) groups excluding carboxylic acids is 1. The number of carbonyl (C=O) groups is 2. The third kappa shape index (κ3) is 4.43. The van der Waals surface area contributed by atoms with Gasteiger partial charge in [0.2, 0.25) is 0 Å². The van der Waals surface area contributed by atoms with Gasteiger partial charge in [-0.05, 0) is 23.3 Å². The van der Waals surface area contributed by atoms with Gasteiger partial charge in [0.05, 0.1) is 6.61 Å². The zero-order valence-corrected chi connectivity index (χ0v) is 13.8. The van der Waals surface area contributed by atoms with Crippen molar-refractivity contribution in [2.75, 3.05) is 14.2 Å². The predicted octanol–water partition coefficient (Wildman–Crippen LogP) is 2.60. The van der Waals surface area contributed by atoms with E-state index in [1.54, 1.807) is 31.4 Å². The van der Waals surface area contributed by atoms with Crippen LogP contribution < -0.4 is 0 Å². The number of carboxylic acids is 1. The molecular formula is C19H21NO4. The van der Waals surface area contributed by atoms with Gasteiger partial charge in [0.25, 0.3) is 5.91 Å². The molecule has 1 atom stereocenters. The molecule has 5 nitrogen and oxygen atoms in total. The van der Waals surface area contributed by atoms with Crippen LogP contribution in [-0.2, 0) is 22.6 Å². The van der Waals surface area contributed by atoms with Crippen LogP contribution in [0.1, 0.15) is 21.5 Å². The number of nitrogens with zero attached hydrogens (tertiary/aromatic N) is 1. The van der Waals surface area contributed by atoms with Crippen molar-refractivity contribution in [3.05, 3.63) is 71.3 Å². The lowest BCUT2D eigenvalue weighted by Gasteiger charge is -2.25. The molecule has 1 amide bonds. The molecule has 24 heavy (non-hydrogen) atoms. The Bertz CT molecular complexity index is 682. The van der Waals surface area contributed by atoms with Crippen molar-refractivity contribution in [3.63, 3.8) is 0 Å². The molecule has 2 aromatic rings. The van der Waals surface area contributed by atoms with E-state index in [1.807, 2.05) is 30.3 Å². The van der Waals surface area contributed by atoms with E-state index in [9.17, 15) is 14.7 Å². The number of amides is 1. The van der Waals surface area contributed by atoms with Crippen LogP contribution in [0.25, 0.3) is 0 Å². The van der Waals surface area contributed by atoms with E-state index >= 15 is 0 Å². The van der Waals surface area contributed by atoms with Crippen molar-refractivity contribution in [1.82, 2.24) is 4.90 Å². The molecule has 1 N–H and O–H groups in total. The minimum atomic E-state index is -1.02. The van der Waals surface area contributed by atoms with E-state index in [-0.39, 0.29) is 12.3 Å². The molecule has 126 valence electrons. The first-order chi connectivity index (χ1) is 11.5. The Morgan fingerprint density at radius 2 is 1.67 bits per heavy atom. The lowest BCUT2D eigenvalue weighted by atomic mass is 10.0. The summed E-state index contributed by atoms with van der Waals surface area (Å²) in [6, 6.07) is 15.4. The number of benzene rings is 2. The smallest absolute Gasteiger partial charge is 0.326 e. The fraction of sp³-hybridized carbons (Fsp3) is 0.263. The molecule has 0 heterocycles. The number of methoxy groups -OCH3 is 1. The summed E-state index contributed by atoms with van der Waals surface area (Å²) in [6.07, 6.45) is 0.264. The number of hydrogen-bond donors (Lipinski definition) is 1. The van der Waals surface area contributed by atoms with Crippen molar-refractivity contribution in [1.29, 1.82) is 0 Å². The van der Waals surface area contributed by atoms with Crippen LogP contribution in [0.3, 0.4) is 0 Å². The molecule has 2 aromatic carbocycles. The van der Waals surface area contributed by atoms with E-state index < -0.39 is 12.0 Å². The molecule has 0 aliphatic carbocycles. The summed E-state index contributed by atoms with van der Waals surface area (Å²) in [5.41, 5.74) is 2.28. The summed E-state index contributed by atoms with van der Waals surface area (Å²) >= 11 is 0. The first-order valence-electron chi connectivity index (χ1n) is 7.64. The van der Waals surface area contributed by atoms with Crippen molar-refractivity contribution in [3.8, 4) is 0 Å². The summed E-state index contributed by atoms with van der Waals surface area (Å²) in [6.45, 7) is 0.468. The van der Waals surface area contributed by atoms with Crippen LogP contribution in [0.15, 0.2) is 54.6 Å². The maximum absolute atomic E-state index is 12.6. The van der Waals surface area contributed by atoms with Crippen LogP contribution >= 0.6 is 0 Å². The van der Waals surface area contributed by atoms with Gasteiger partial charge in [-0.3, -0.25) is 4.79 Å². The van der Waals surface area contributed by atoms with Gasteiger partial charge in [-0.1, -0.05) is 42.5 Å². The average molecular weight is 327 g/mol. The van der Waals surface area contributed by atoms with Crippen molar-refractivity contribution >= 4 is 11.9 Å². The second-order valence-electron chi connectivity index (χ2n) is 5.59. The summed E-state index contributed by atoms with van der Waals surface area (Å²) in [7, 11) is 3.13. The zero-order chi connectivity index (χ0) is 17.5. The maximum atomic E-state index is 12.6. The summed E-state index contributed by atoms with van der Waals surface area (Å²) < 4.78 is 5.04. The molecule has 0 radical (unpaired) electrons. The molecule has 0 saturated carbocycles. The maximum Gasteiger partial charge on any atom is 0.326 e. The van der Waals surface area contributed by atoms with Gasteiger partial charge in [0.1, 0.15) is 6.04 Å². The zero-order valence-electron chi connectivity index (χ0n) is 13.8. The molecule has 1 unspecified atom stereocenters. The molecule has 0 bridgehead atoms. The van der Waals surface area contributed by atoms with Crippen molar-refractivity contribution in [2.45, 2.75) is 19.1 Å². The Morgan fingerprint density at radius 1 is 1.04 bits per heavy atom. The largest absolute Gasteiger partial charge is 0.480 e. The van der Waals surface area contributed by atoms with Gasteiger partial charge >= 0.3 is 5.97 Å². The highest BCUT2D eigenvalue weighted by molar-refractivity contribution is 5.96. The van der Waals surface area contributed by atoms with E-state index in [4.69, 9.17) is 4.74 Å². The van der Waals surface area contributed by atoms with Crippen LogP contribution in [0.2, 0.25) is 0 Å². The van der Waals surface area contributed by atoms with Crippen LogP contribution in [0.4, 0.5) is 0 Å². The van der Waals surface area contributed by atoms with Crippen LogP contribution in [0, 0.1) is 0 Å². The summed E-state index contributed by atoms with van der Waals surface area (Å²) in [5, 5.41) is 9.50. The van der Waals surface area contributed by atoms with Gasteiger partial charge < -0.3 is 14.7 Å². The van der Waals surface area contributed by atoms with E-state index in [2.05, 4.69) is 0 Å². The molecule has 5 heteroatoms. The second kappa shape index (κ2) is 8.26. The first kappa shape index (κ1) is 17.7. The monoisotopic (exact) mass is 327 g/mol. The lowest BCUT2D eigenvalue weighted by molar-refractivity contribution is -0.141.